The maximum absolute atomic E-state index is 13.6. The van der Waals surface area contributed by atoms with Crippen molar-refractivity contribution < 1.29 is 22.9 Å². The second-order valence-corrected chi connectivity index (χ2v) is 7.88. The molecule has 4 aromatic rings. The van der Waals surface area contributed by atoms with E-state index in [0.29, 0.717) is 16.8 Å². The van der Waals surface area contributed by atoms with E-state index in [1.165, 1.54) is 25.1 Å². The summed E-state index contributed by atoms with van der Waals surface area (Å²) in [7, 11) is 0. The number of carbonyl (C=O) groups is 1. The number of halogens is 3. The molecule has 0 fully saturated rings. The monoisotopic (exact) mass is 502 g/mol. The number of oxazole rings is 1. The Morgan fingerprint density at radius 3 is 2.65 bits per heavy atom. The van der Waals surface area contributed by atoms with E-state index in [1.807, 2.05) is 0 Å². The summed E-state index contributed by atoms with van der Waals surface area (Å²) in [4.78, 5) is 27.3. The molecule has 1 aromatic heterocycles. The Morgan fingerprint density at radius 2 is 1.91 bits per heavy atom. The van der Waals surface area contributed by atoms with Gasteiger partial charge in [0.15, 0.2) is 22.3 Å². The first-order valence-electron chi connectivity index (χ1n) is 9.56. The van der Waals surface area contributed by atoms with Gasteiger partial charge in [-0.25, -0.2) is 13.8 Å². The van der Waals surface area contributed by atoms with Crippen LogP contribution < -0.4 is 10.6 Å². The van der Waals surface area contributed by atoms with Crippen LogP contribution in [0.3, 0.4) is 0 Å². The number of thiocarbonyl (C=S) groups is 1. The van der Waals surface area contributed by atoms with Gasteiger partial charge in [-0.05, 0) is 55.5 Å². The number of aromatic nitrogens is 1. The molecule has 34 heavy (non-hydrogen) atoms. The molecule has 172 valence electrons. The highest BCUT2D eigenvalue weighted by molar-refractivity contribution is 7.80. The lowest BCUT2D eigenvalue weighted by Crippen LogP contribution is -2.34. The molecule has 0 spiro atoms. The molecular formula is C22H13ClF2N4O4S. The number of carbonyl (C=O) groups excluding carboxylic acids is 1. The van der Waals surface area contributed by atoms with Gasteiger partial charge in [-0.3, -0.25) is 20.2 Å². The minimum atomic E-state index is -1.09. The first-order chi connectivity index (χ1) is 16.1. The minimum absolute atomic E-state index is 0.00641. The molecule has 1 heterocycles. The molecule has 12 heteroatoms. The Balaban J connectivity index is 1.52. The number of nitro groups is 1. The summed E-state index contributed by atoms with van der Waals surface area (Å²) in [6.45, 7) is 1.47. The highest BCUT2D eigenvalue weighted by Gasteiger charge is 2.19. The molecule has 0 saturated carbocycles. The van der Waals surface area contributed by atoms with Crippen LogP contribution in [0, 0.1) is 28.7 Å². The van der Waals surface area contributed by atoms with Gasteiger partial charge in [0.25, 0.3) is 11.6 Å². The molecule has 0 aliphatic rings. The van der Waals surface area contributed by atoms with E-state index in [0.717, 1.165) is 12.1 Å². The summed E-state index contributed by atoms with van der Waals surface area (Å²) >= 11 is 11.2. The van der Waals surface area contributed by atoms with Crippen LogP contribution in [-0.2, 0) is 0 Å². The van der Waals surface area contributed by atoms with Gasteiger partial charge < -0.3 is 9.73 Å². The third kappa shape index (κ3) is 4.56. The van der Waals surface area contributed by atoms with Crippen LogP contribution >= 0.6 is 23.8 Å². The first kappa shape index (κ1) is 23.2. The van der Waals surface area contributed by atoms with Crippen LogP contribution in [0.25, 0.3) is 22.6 Å². The van der Waals surface area contributed by atoms with Crippen molar-refractivity contribution in [2.75, 3.05) is 5.32 Å². The van der Waals surface area contributed by atoms with Gasteiger partial charge in [-0.15, -0.1) is 0 Å². The second kappa shape index (κ2) is 9.12. The Hall–Kier alpha value is -3.96. The fourth-order valence-corrected chi connectivity index (χ4v) is 3.65. The molecule has 0 radical (unpaired) electrons. The maximum Gasteiger partial charge on any atom is 0.273 e. The molecule has 3 aromatic carbocycles. The predicted molar refractivity (Wildman–Crippen MR) is 126 cm³/mol. The fourth-order valence-electron chi connectivity index (χ4n) is 3.21. The van der Waals surface area contributed by atoms with E-state index in [1.54, 1.807) is 18.2 Å². The van der Waals surface area contributed by atoms with Crippen LogP contribution in [0.4, 0.5) is 20.2 Å². The molecule has 4 rings (SSSR count). The number of benzene rings is 3. The lowest BCUT2D eigenvalue weighted by Gasteiger charge is -2.11. The Bertz CT molecular complexity index is 1490. The Kier molecular flexibility index (Phi) is 6.22. The van der Waals surface area contributed by atoms with Crippen molar-refractivity contribution in [3.8, 4) is 11.5 Å². The summed E-state index contributed by atoms with van der Waals surface area (Å²) in [5.41, 5.74) is 1.39. The molecule has 1 amide bonds. The number of anilines is 1. The van der Waals surface area contributed by atoms with Gasteiger partial charge in [0.1, 0.15) is 5.52 Å². The smallest absolute Gasteiger partial charge is 0.273 e. The molecule has 0 saturated heterocycles. The van der Waals surface area contributed by atoms with E-state index in [-0.39, 0.29) is 38.4 Å². The molecule has 0 atom stereocenters. The number of amides is 1. The van der Waals surface area contributed by atoms with Gasteiger partial charge in [0.2, 0.25) is 5.89 Å². The van der Waals surface area contributed by atoms with Gasteiger partial charge >= 0.3 is 0 Å². The summed E-state index contributed by atoms with van der Waals surface area (Å²) < 4.78 is 32.6. The molecular weight excluding hydrogens is 490 g/mol. The normalized spacial score (nSPS) is 10.8. The first-order valence-corrected chi connectivity index (χ1v) is 10.3. The van der Waals surface area contributed by atoms with Gasteiger partial charge in [-0.1, -0.05) is 17.7 Å². The zero-order chi connectivity index (χ0) is 24.6. The average Bonchev–Trinajstić information content (AvgIpc) is 3.19. The SMILES string of the molecule is Cc1c(C(=O)NC(=S)Nc2ccc3oc(-c4cc(F)c(F)cc4Cl)nc3c2)cccc1[N+](=O)[O-]. The van der Waals surface area contributed by atoms with Crippen LogP contribution in [0.2, 0.25) is 5.02 Å². The van der Waals surface area contributed by atoms with Crippen LogP contribution in [0.15, 0.2) is 52.9 Å². The third-order valence-corrected chi connectivity index (χ3v) is 5.38. The van der Waals surface area contributed by atoms with Crippen molar-refractivity contribution in [3.63, 3.8) is 0 Å². The van der Waals surface area contributed by atoms with Gasteiger partial charge in [0.05, 0.1) is 15.5 Å². The predicted octanol–water partition coefficient (Wildman–Crippen LogP) is 5.77. The Labute approximate surface area is 200 Å². The zero-order valence-electron chi connectivity index (χ0n) is 17.2. The summed E-state index contributed by atoms with van der Waals surface area (Å²) in [6.07, 6.45) is 0. The third-order valence-electron chi connectivity index (χ3n) is 4.86. The van der Waals surface area contributed by atoms with Crippen molar-refractivity contribution in [1.82, 2.24) is 10.3 Å². The maximum atomic E-state index is 13.6. The van der Waals surface area contributed by atoms with Gasteiger partial charge in [-0.2, -0.15) is 0 Å². The molecule has 8 nitrogen and oxygen atoms in total. The summed E-state index contributed by atoms with van der Waals surface area (Å²) in [5.74, 6) is -2.80. The number of fused-ring (bicyclic) bond motifs is 1. The molecule has 0 aliphatic heterocycles. The van der Waals surface area contributed by atoms with Crippen molar-refractivity contribution >= 4 is 57.3 Å². The quantitative estimate of drug-likeness (QED) is 0.158. The summed E-state index contributed by atoms with van der Waals surface area (Å²) in [5, 5.41) is 16.3. The fraction of sp³-hybridized carbons (Fsp3) is 0.0455. The lowest BCUT2D eigenvalue weighted by molar-refractivity contribution is -0.385. The number of rotatable bonds is 4. The van der Waals surface area contributed by atoms with E-state index in [4.69, 9.17) is 28.2 Å². The van der Waals surface area contributed by atoms with Crippen molar-refractivity contribution in [2.24, 2.45) is 0 Å². The van der Waals surface area contributed by atoms with Crippen molar-refractivity contribution in [1.29, 1.82) is 0 Å². The largest absolute Gasteiger partial charge is 0.436 e. The molecule has 0 bridgehead atoms. The van der Waals surface area contributed by atoms with E-state index >= 15 is 0 Å². The number of nitrogens with zero attached hydrogens (tertiary/aromatic N) is 2. The minimum Gasteiger partial charge on any atom is -0.436 e. The summed E-state index contributed by atoms with van der Waals surface area (Å²) in [6, 6.07) is 10.6. The average molecular weight is 503 g/mol. The molecule has 0 unspecified atom stereocenters. The molecule has 0 aliphatic carbocycles. The number of hydrogen-bond acceptors (Lipinski definition) is 6. The number of nitro benzene ring substituents is 1. The van der Waals surface area contributed by atoms with Crippen LogP contribution in [0.1, 0.15) is 15.9 Å². The van der Waals surface area contributed by atoms with Gasteiger partial charge in [0, 0.05) is 22.9 Å². The van der Waals surface area contributed by atoms with Crippen molar-refractivity contribution in [2.45, 2.75) is 6.92 Å². The van der Waals surface area contributed by atoms with E-state index < -0.39 is 22.5 Å². The van der Waals surface area contributed by atoms with E-state index in [2.05, 4.69) is 15.6 Å². The lowest BCUT2D eigenvalue weighted by atomic mass is 10.1. The number of nitrogens with one attached hydrogen (secondary N) is 2. The van der Waals surface area contributed by atoms with Crippen molar-refractivity contribution in [3.05, 3.63) is 86.4 Å². The zero-order valence-corrected chi connectivity index (χ0v) is 18.8. The van der Waals surface area contributed by atoms with Crippen LogP contribution in [-0.4, -0.2) is 20.9 Å². The van der Waals surface area contributed by atoms with E-state index in [9.17, 15) is 23.7 Å². The van der Waals surface area contributed by atoms with Crippen LogP contribution in [0.5, 0.6) is 0 Å². The second-order valence-electron chi connectivity index (χ2n) is 7.06. The molecule has 2 N–H and O–H groups in total. The highest BCUT2D eigenvalue weighted by Crippen LogP contribution is 2.32. The number of hydrogen-bond donors (Lipinski definition) is 2. The Morgan fingerprint density at radius 1 is 1.18 bits per heavy atom. The topological polar surface area (TPSA) is 110 Å². The standard InChI is InChI=1S/C22H13ClF2N4O4S/c1-10-12(3-2-4-18(10)29(31)32)20(30)28-22(34)26-11-5-6-19-17(7-11)27-21(33-19)13-8-15(24)16(25)9-14(13)23/h2-9H,1H3,(H2,26,28,30,34). The highest BCUT2D eigenvalue weighted by atomic mass is 35.5.